The molecule has 0 radical (unpaired) electrons. The Labute approximate surface area is 123 Å². The average molecular weight is 276 g/mol. The lowest BCUT2D eigenvalue weighted by Gasteiger charge is -2.18. The molecule has 0 atom stereocenters. The summed E-state index contributed by atoms with van der Waals surface area (Å²) < 4.78 is 0. The lowest BCUT2D eigenvalue weighted by Crippen LogP contribution is -2.26. The van der Waals surface area contributed by atoms with Crippen molar-refractivity contribution in [1.82, 2.24) is 4.98 Å². The maximum absolute atomic E-state index is 12.8. The number of carbonyl (C=O) groups is 1. The minimum absolute atomic E-state index is 0.0251. The zero-order chi connectivity index (χ0) is 14.8. The predicted octanol–water partition coefficient (Wildman–Crippen LogP) is 3.82. The molecule has 0 unspecified atom stereocenters. The predicted molar refractivity (Wildman–Crippen MR) is 85.7 cm³/mol. The summed E-state index contributed by atoms with van der Waals surface area (Å²) in [5.74, 6) is -0.0251. The number of hydrogen-bond acceptors (Lipinski definition) is 2. The first-order valence-electron chi connectivity index (χ1n) is 6.86. The molecular formula is C18H16N2O. The van der Waals surface area contributed by atoms with E-state index in [2.05, 4.69) is 4.98 Å². The number of aromatic nitrogens is 1. The smallest absolute Gasteiger partial charge is 0.258 e. The van der Waals surface area contributed by atoms with E-state index in [9.17, 15) is 4.79 Å². The summed E-state index contributed by atoms with van der Waals surface area (Å²) in [6, 6.07) is 19.2. The van der Waals surface area contributed by atoms with Crippen LogP contribution in [-0.2, 0) is 0 Å². The quantitative estimate of drug-likeness (QED) is 0.713. The third-order valence-electron chi connectivity index (χ3n) is 3.52. The van der Waals surface area contributed by atoms with Crippen molar-refractivity contribution in [3.63, 3.8) is 0 Å². The zero-order valence-corrected chi connectivity index (χ0v) is 12.1. The molecule has 0 aliphatic rings. The molecule has 0 aliphatic heterocycles. The molecule has 0 saturated heterocycles. The molecule has 0 N–H and O–H groups in total. The number of rotatable bonds is 2. The number of pyridine rings is 1. The molecule has 0 aliphatic carbocycles. The normalized spacial score (nSPS) is 10.6. The van der Waals surface area contributed by atoms with E-state index in [4.69, 9.17) is 0 Å². The van der Waals surface area contributed by atoms with Crippen molar-refractivity contribution in [2.45, 2.75) is 6.92 Å². The Hall–Kier alpha value is -2.68. The third kappa shape index (κ3) is 2.50. The van der Waals surface area contributed by atoms with Gasteiger partial charge in [-0.25, -0.2) is 0 Å². The Morgan fingerprint density at radius 1 is 1.00 bits per heavy atom. The summed E-state index contributed by atoms with van der Waals surface area (Å²) in [7, 11) is 1.79. The minimum Gasteiger partial charge on any atom is -0.311 e. The van der Waals surface area contributed by atoms with E-state index in [0.29, 0.717) is 5.56 Å². The van der Waals surface area contributed by atoms with Crippen LogP contribution in [0.3, 0.4) is 0 Å². The molecule has 2 aromatic carbocycles. The Kier molecular flexibility index (Phi) is 3.40. The molecule has 21 heavy (non-hydrogen) atoms. The van der Waals surface area contributed by atoms with Gasteiger partial charge in [0, 0.05) is 23.8 Å². The molecule has 1 aromatic heterocycles. The largest absolute Gasteiger partial charge is 0.311 e. The summed E-state index contributed by atoms with van der Waals surface area (Å²) in [6.07, 6.45) is 0. The highest BCUT2D eigenvalue weighted by Gasteiger charge is 2.17. The first-order valence-corrected chi connectivity index (χ1v) is 6.86. The molecule has 1 heterocycles. The van der Waals surface area contributed by atoms with E-state index in [1.54, 1.807) is 11.9 Å². The van der Waals surface area contributed by atoms with E-state index < -0.39 is 0 Å². The second-order valence-corrected chi connectivity index (χ2v) is 5.03. The first-order chi connectivity index (χ1) is 10.2. The Morgan fingerprint density at radius 3 is 2.43 bits per heavy atom. The van der Waals surface area contributed by atoms with Crippen molar-refractivity contribution < 1.29 is 4.79 Å². The van der Waals surface area contributed by atoms with E-state index in [1.807, 2.05) is 67.6 Å². The summed E-state index contributed by atoms with van der Waals surface area (Å²) in [5, 5.41) is 0.885. The molecule has 0 bridgehead atoms. The van der Waals surface area contributed by atoms with Crippen LogP contribution in [0.4, 0.5) is 5.69 Å². The number of nitrogens with zero attached hydrogens (tertiary/aromatic N) is 2. The maximum atomic E-state index is 12.8. The van der Waals surface area contributed by atoms with Crippen LogP contribution in [0.2, 0.25) is 0 Å². The van der Waals surface area contributed by atoms with Crippen molar-refractivity contribution in [2.75, 3.05) is 11.9 Å². The van der Waals surface area contributed by atoms with Crippen LogP contribution >= 0.6 is 0 Å². The number of fused-ring (bicyclic) bond motifs is 1. The fraction of sp³-hybridized carbons (Fsp3) is 0.111. The van der Waals surface area contributed by atoms with Crippen LogP contribution in [-0.4, -0.2) is 17.9 Å². The van der Waals surface area contributed by atoms with Crippen LogP contribution in [0, 0.1) is 6.92 Å². The monoisotopic (exact) mass is 276 g/mol. The molecule has 0 fully saturated rings. The van der Waals surface area contributed by atoms with E-state index >= 15 is 0 Å². The summed E-state index contributed by atoms with van der Waals surface area (Å²) in [4.78, 5) is 19.0. The zero-order valence-electron chi connectivity index (χ0n) is 12.1. The molecule has 3 nitrogen and oxygen atoms in total. The fourth-order valence-corrected chi connectivity index (χ4v) is 2.43. The highest BCUT2D eigenvalue weighted by atomic mass is 16.2. The number of hydrogen-bond donors (Lipinski definition) is 0. The van der Waals surface area contributed by atoms with Gasteiger partial charge in [-0.05, 0) is 31.2 Å². The van der Waals surface area contributed by atoms with Gasteiger partial charge in [0.05, 0.1) is 11.1 Å². The Bertz CT molecular complexity index is 797. The van der Waals surface area contributed by atoms with Gasteiger partial charge in [-0.1, -0.05) is 36.4 Å². The summed E-state index contributed by atoms with van der Waals surface area (Å²) in [6.45, 7) is 1.91. The van der Waals surface area contributed by atoms with Crippen molar-refractivity contribution in [2.24, 2.45) is 0 Å². The SMILES string of the molecule is Cc1cc(C(=O)N(C)c2ccccc2)c2ccccc2n1. The lowest BCUT2D eigenvalue weighted by atomic mass is 10.1. The van der Waals surface area contributed by atoms with Gasteiger partial charge in [0.1, 0.15) is 0 Å². The first kappa shape index (κ1) is 13.3. The molecule has 0 spiro atoms. The number of para-hydroxylation sites is 2. The van der Waals surface area contributed by atoms with Gasteiger partial charge in [-0.15, -0.1) is 0 Å². The molecule has 1 amide bonds. The number of benzene rings is 2. The van der Waals surface area contributed by atoms with Crippen LogP contribution in [0.25, 0.3) is 10.9 Å². The highest BCUT2D eigenvalue weighted by Crippen LogP contribution is 2.22. The highest BCUT2D eigenvalue weighted by molar-refractivity contribution is 6.13. The lowest BCUT2D eigenvalue weighted by molar-refractivity contribution is 0.0994. The van der Waals surface area contributed by atoms with Crippen LogP contribution < -0.4 is 4.90 Å². The molecule has 0 saturated carbocycles. The summed E-state index contributed by atoms with van der Waals surface area (Å²) in [5.41, 5.74) is 3.26. The second kappa shape index (κ2) is 5.37. The van der Waals surface area contributed by atoms with E-state index in [-0.39, 0.29) is 5.91 Å². The van der Waals surface area contributed by atoms with E-state index in [1.165, 1.54) is 0 Å². The molecular weight excluding hydrogens is 260 g/mol. The van der Waals surface area contributed by atoms with Crippen molar-refractivity contribution in [3.8, 4) is 0 Å². The number of anilines is 1. The standard InChI is InChI=1S/C18H16N2O/c1-13-12-16(15-10-6-7-11-17(15)19-13)18(21)20(2)14-8-4-3-5-9-14/h3-12H,1-2H3. The Morgan fingerprint density at radius 2 is 1.67 bits per heavy atom. The second-order valence-electron chi connectivity index (χ2n) is 5.03. The van der Waals surface area contributed by atoms with Gasteiger partial charge < -0.3 is 4.90 Å². The van der Waals surface area contributed by atoms with Gasteiger partial charge in [-0.3, -0.25) is 9.78 Å². The fourth-order valence-electron chi connectivity index (χ4n) is 2.43. The molecule has 3 aromatic rings. The van der Waals surface area contributed by atoms with Crippen molar-refractivity contribution >= 4 is 22.5 Å². The maximum Gasteiger partial charge on any atom is 0.258 e. The molecule has 104 valence electrons. The summed E-state index contributed by atoms with van der Waals surface area (Å²) >= 11 is 0. The van der Waals surface area contributed by atoms with Gasteiger partial charge >= 0.3 is 0 Å². The number of aryl methyl sites for hydroxylation is 1. The van der Waals surface area contributed by atoms with Gasteiger partial charge in [0.2, 0.25) is 0 Å². The third-order valence-corrected chi connectivity index (χ3v) is 3.52. The minimum atomic E-state index is -0.0251. The number of amides is 1. The van der Waals surface area contributed by atoms with Crippen LogP contribution in [0.1, 0.15) is 16.1 Å². The van der Waals surface area contributed by atoms with Gasteiger partial charge in [0.15, 0.2) is 0 Å². The van der Waals surface area contributed by atoms with Gasteiger partial charge in [0.25, 0.3) is 5.91 Å². The average Bonchev–Trinajstić information content (AvgIpc) is 2.53. The topological polar surface area (TPSA) is 33.2 Å². The number of carbonyl (C=O) groups excluding carboxylic acids is 1. The van der Waals surface area contributed by atoms with Crippen molar-refractivity contribution in [1.29, 1.82) is 0 Å². The van der Waals surface area contributed by atoms with Crippen LogP contribution in [0.5, 0.6) is 0 Å². The molecule has 3 rings (SSSR count). The van der Waals surface area contributed by atoms with Gasteiger partial charge in [-0.2, -0.15) is 0 Å². The Balaban J connectivity index is 2.10. The van der Waals surface area contributed by atoms with E-state index in [0.717, 1.165) is 22.3 Å². The molecule has 3 heteroatoms. The van der Waals surface area contributed by atoms with Crippen molar-refractivity contribution in [3.05, 3.63) is 71.9 Å². The van der Waals surface area contributed by atoms with Crippen LogP contribution in [0.15, 0.2) is 60.7 Å².